The van der Waals surface area contributed by atoms with Crippen LogP contribution in [0, 0.1) is 11.3 Å². The van der Waals surface area contributed by atoms with E-state index in [0.717, 1.165) is 0 Å². The van der Waals surface area contributed by atoms with E-state index in [-0.39, 0.29) is 17.3 Å². The molecule has 9 nitrogen and oxygen atoms in total. The Labute approximate surface area is 206 Å². The second kappa shape index (κ2) is 11.3. The largest absolute Gasteiger partial charge is 0.454 e. The number of rotatable bonds is 10. The summed E-state index contributed by atoms with van der Waals surface area (Å²) < 4.78 is 38.2. The molecule has 1 N–H and O–H groups in total. The van der Waals surface area contributed by atoms with Crippen molar-refractivity contribution >= 4 is 33.4 Å². The van der Waals surface area contributed by atoms with Gasteiger partial charge in [-0.05, 0) is 55.8 Å². The van der Waals surface area contributed by atoms with Crippen LogP contribution in [0.4, 0.5) is 11.4 Å². The number of amides is 1. The van der Waals surface area contributed by atoms with Gasteiger partial charge in [0, 0.05) is 26.2 Å². The van der Waals surface area contributed by atoms with Crippen molar-refractivity contribution in [2.24, 2.45) is 0 Å². The molecule has 0 atom stereocenters. The smallest absolute Gasteiger partial charge is 0.266 e. The monoisotopic (exact) mass is 498 g/mol. The number of ether oxygens (including phenoxy) is 2. The van der Waals surface area contributed by atoms with Crippen molar-refractivity contribution in [3.8, 4) is 17.6 Å². The van der Waals surface area contributed by atoms with Crippen LogP contribution in [0.1, 0.15) is 33.3 Å². The van der Waals surface area contributed by atoms with Crippen molar-refractivity contribution in [2.75, 3.05) is 43.2 Å². The standard InChI is InChI=1S/C25H30N4O5S/c1-5-28(6-2)22-11-10-20(35(31,32)29(7-3)8-4)15-21(22)27-25(30)19(16-26)13-18-9-12-23-24(14-18)34-17-33-23/h9-15H,5-8,17H2,1-4H3,(H,27,30). The van der Waals surface area contributed by atoms with E-state index < -0.39 is 15.9 Å². The van der Waals surface area contributed by atoms with Crippen LogP contribution < -0.4 is 19.7 Å². The molecule has 1 heterocycles. The Morgan fingerprint density at radius 1 is 1.03 bits per heavy atom. The van der Waals surface area contributed by atoms with Gasteiger partial charge in [0.2, 0.25) is 16.8 Å². The van der Waals surface area contributed by atoms with E-state index in [0.29, 0.717) is 54.6 Å². The fraction of sp³-hybridized carbons (Fsp3) is 0.360. The maximum Gasteiger partial charge on any atom is 0.266 e. The van der Waals surface area contributed by atoms with Gasteiger partial charge in [0.05, 0.1) is 16.3 Å². The molecular formula is C25H30N4O5S. The Kier molecular flexibility index (Phi) is 8.38. The van der Waals surface area contributed by atoms with Gasteiger partial charge in [-0.25, -0.2) is 8.42 Å². The lowest BCUT2D eigenvalue weighted by atomic mass is 10.1. The average Bonchev–Trinajstić information content (AvgIpc) is 3.32. The number of anilines is 2. The molecular weight excluding hydrogens is 468 g/mol. The van der Waals surface area contributed by atoms with Gasteiger partial charge in [0.1, 0.15) is 11.6 Å². The number of benzene rings is 2. The SMILES string of the molecule is CCN(CC)c1ccc(S(=O)(=O)N(CC)CC)cc1NC(=O)C(C#N)=Cc1ccc2c(c1)OCO2. The molecule has 3 rings (SSSR count). The number of sulfonamides is 1. The summed E-state index contributed by atoms with van der Waals surface area (Å²) in [4.78, 5) is 15.2. The van der Waals surface area contributed by atoms with E-state index in [1.807, 2.05) is 24.8 Å². The Hall–Kier alpha value is -3.55. The minimum Gasteiger partial charge on any atom is -0.454 e. The number of nitrogens with one attached hydrogen (secondary N) is 1. The molecule has 0 saturated heterocycles. The summed E-state index contributed by atoms with van der Waals surface area (Å²) in [5.74, 6) is 0.491. The minimum atomic E-state index is -3.74. The number of hydrogen-bond donors (Lipinski definition) is 1. The topological polar surface area (TPSA) is 112 Å². The van der Waals surface area contributed by atoms with Crippen molar-refractivity contribution in [3.05, 3.63) is 47.5 Å². The van der Waals surface area contributed by atoms with Crippen LogP contribution in [-0.2, 0) is 14.8 Å². The van der Waals surface area contributed by atoms with Crippen molar-refractivity contribution in [1.29, 1.82) is 5.26 Å². The van der Waals surface area contributed by atoms with Crippen LogP contribution >= 0.6 is 0 Å². The van der Waals surface area contributed by atoms with Crippen molar-refractivity contribution < 1.29 is 22.7 Å². The van der Waals surface area contributed by atoms with Gasteiger partial charge in [-0.2, -0.15) is 9.57 Å². The molecule has 0 radical (unpaired) electrons. The molecule has 0 fully saturated rings. The molecule has 0 aliphatic carbocycles. The molecule has 0 bridgehead atoms. The highest BCUT2D eigenvalue weighted by molar-refractivity contribution is 7.89. The zero-order valence-electron chi connectivity index (χ0n) is 20.4. The number of carbonyl (C=O) groups excluding carboxylic acids is 1. The molecule has 186 valence electrons. The van der Waals surface area contributed by atoms with Crippen LogP contribution in [0.3, 0.4) is 0 Å². The predicted molar refractivity (Wildman–Crippen MR) is 135 cm³/mol. The fourth-order valence-corrected chi connectivity index (χ4v) is 5.32. The summed E-state index contributed by atoms with van der Waals surface area (Å²) >= 11 is 0. The maximum absolute atomic E-state index is 13.1. The van der Waals surface area contributed by atoms with E-state index in [1.54, 1.807) is 44.2 Å². The maximum atomic E-state index is 13.1. The normalized spacial score (nSPS) is 13.0. The van der Waals surface area contributed by atoms with Crippen LogP contribution in [0.15, 0.2) is 46.9 Å². The zero-order valence-corrected chi connectivity index (χ0v) is 21.2. The minimum absolute atomic E-state index is 0.0747. The first kappa shape index (κ1) is 26.1. The van der Waals surface area contributed by atoms with Crippen LogP contribution in [0.5, 0.6) is 11.5 Å². The van der Waals surface area contributed by atoms with Gasteiger partial charge in [0.15, 0.2) is 11.5 Å². The van der Waals surface area contributed by atoms with Crippen molar-refractivity contribution in [2.45, 2.75) is 32.6 Å². The lowest BCUT2D eigenvalue weighted by Crippen LogP contribution is -2.31. The van der Waals surface area contributed by atoms with E-state index in [9.17, 15) is 18.5 Å². The summed E-state index contributed by atoms with van der Waals surface area (Å²) in [6.45, 7) is 9.56. The Balaban J connectivity index is 1.99. The van der Waals surface area contributed by atoms with E-state index >= 15 is 0 Å². The predicted octanol–water partition coefficient (Wildman–Crippen LogP) is 3.84. The first-order valence-electron chi connectivity index (χ1n) is 11.5. The van der Waals surface area contributed by atoms with Crippen LogP contribution in [-0.4, -0.2) is 51.6 Å². The zero-order chi connectivity index (χ0) is 25.6. The molecule has 2 aromatic rings. The summed E-state index contributed by atoms with van der Waals surface area (Å²) in [6, 6.07) is 11.7. The van der Waals surface area contributed by atoms with Crippen LogP contribution in [0.2, 0.25) is 0 Å². The Morgan fingerprint density at radius 3 is 2.34 bits per heavy atom. The highest BCUT2D eigenvalue weighted by atomic mass is 32.2. The molecule has 0 spiro atoms. The van der Waals surface area contributed by atoms with E-state index in [1.165, 1.54) is 16.4 Å². The molecule has 10 heteroatoms. The first-order valence-corrected chi connectivity index (χ1v) is 12.9. The summed E-state index contributed by atoms with van der Waals surface area (Å²) in [5.41, 5.74) is 1.45. The second-order valence-electron chi connectivity index (χ2n) is 7.68. The second-order valence-corrected chi connectivity index (χ2v) is 9.62. The lowest BCUT2D eigenvalue weighted by molar-refractivity contribution is -0.112. The molecule has 1 aliphatic rings. The Bertz CT molecular complexity index is 1260. The third-order valence-electron chi connectivity index (χ3n) is 5.74. The summed E-state index contributed by atoms with van der Waals surface area (Å²) in [5, 5.41) is 12.4. The number of nitriles is 1. The number of fused-ring (bicyclic) bond motifs is 1. The molecule has 35 heavy (non-hydrogen) atoms. The van der Waals surface area contributed by atoms with Gasteiger partial charge >= 0.3 is 0 Å². The van der Waals surface area contributed by atoms with Gasteiger partial charge in [-0.1, -0.05) is 19.9 Å². The highest BCUT2D eigenvalue weighted by Crippen LogP contribution is 2.34. The molecule has 2 aromatic carbocycles. The molecule has 1 aliphatic heterocycles. The van der Waals surface area contributed by atoms with Gasteiger partial charge in [-0.3, -0.25) is 4.79 Å². The molecule has 0 unspecified atom stereocenters. The average molecular weight is 499 g/mol. The third kappa shape index (κ3) is 5.58. The fourth-order valence-electron chi connectivity index (χ4n) is 3.84. The molecule has 0 saturated carbocycles. The van der Waals surface area contributed by atoms with Crippen molar-refractivity contribution in [3.63, 3.8) is 0 Å². The van der Waals surface area contributed by atoms with E-state index in [4.69, 9.17) is 9.47 Å². The van der Waals surface area contributed by atoms with Crippen molar-refractivity contribution in [1.82, 2.24) is 4.31 Å². The quantitative estimate of drug-likeness (QED) is 0.391. The first-order chi connectivity index (χ1) is 16.8. The van der Waals surface area contributed by atoms with Gasteiger partial charge in [-0.15, -0.1) is 0 Å². The third-order valence-corrected chi connectivity index (χ3v) is 7.78. The summed E-state index contributed by atoms with van der Waals surface area (Å²) in [6.07, 6.45) is 1.45. The Morgan fingerprint density at radius 2 is 1.71 bits per heavy atom. The number of nitrogens with zero attached hydrogens (tertiary/aromatic N) is 3. The van der Waals surface area contributed by atoms with E-state index in [2.05, 4.69) is 5.32 Å². The molecule has 0 aromatic heterocycles. The number of carbonyl (C=O) groups is 1. The summed E-state index contributed by atoms with van der Waals surface area (Å²) in [7, 11) is -3.74. The van der Waals surface area contributed by atoms with Gasteiger partial charge < -0.3 is 19.7 Å². The molecule has 1 amide bonds. The lowest BCUT2D eigenvalue weighted by Gasteiger charge is -2.25. The highest BCUT2D eigenvalue weighted by Gasteiger charge is 2.24. The number of hydrogen-bond acceptors (Lipinski definition) is 7. The van der Waals surface area contributed by atoms with Crippen LogP contribution in [0.25, 0.3) is 6.08 Å². The van der Waals surface area contributed by atoms with Gasteiger partial charge in [0.25, 0.3) is 5.91 Å².